The minimum atomic E-state index is -0.328. The van der Waals surface area contributed by atoms with E-state index in [4.69, 9.17) is 9.47 Å². The molecule has 1 amide bonds. The Morgan fingerprint density at radius 2 is 1.90 bits per heavy atom. The summed E-state index contributed by atoms with van der Waals surface area (Å²) in [7, 11) is 0. The number of nitrogens with one attached hydrogen (secondary N) is 1. The van der Waals surface area contributed by atoms with Crippen molar-refractivity contribution in [3.63, 3.8) is 0 Å². The van der Waals surface area contributed by atoms with Gasteiger partial charge in [0.1, 0.15) is 5.82 Å². The van der Waals surface area contributed by atoms with Gasteiger partial charge in [0.25, 0.3) is 5.91 Å². The number of ether oxygens (including phenoxy) is 2. The van der Waals surface area contributed by atoms with E-state index in [1.54, 1.807) is 30.7 Å². The zero-order chi connectivity index (χ0) is 21.5. The minimum Gasteiger partial charge on any atom is -0.454 e. The molecule has 0 bridgehead atoms. The van der Waals surface area contributed by atoms with Crippen LogP contribution in [0.2, 0.25) is 0 Å². The van der Waals surface area contributed by atoms with E-state index in [0.717, 1.165) is 11.3 Å². The van der Waals surface area contributed by atoms with Gasteiger partial charge in [-0.05, 0) is 56.3 Å². The fraction of sp³-hybridized carbons (Fsp3) is 0.136. The quantitative estimate of drug-likeness (QED) is 0.500. The van der Waals surface area contributed by atoms with E-state index in [0.29, 0.717) is 39.3 Å². The number of thiazole rings is 1. The van der Waals surface area contributed by atoms with Gasteiger partial charge in [-0.25, -0.2) is 14.1 Å². The summed E-state index contributed by atoms with van der Waals surface area (Å²) in [6.45, 7) is 3.78. The van der Waals surface area contributed by atoms with E-state index in [-0.39, 0.29) is 18.5 Å². The van der Waals surface area contributed by atoms with Crippen LogP contribution in [0.3, 0.4) is 0 Å². The van der Waals surface area contributed by atoms with Gasteiger partial charge in [0, 0.05) is 10.9 Å². The van der Waals surface area contributed by atoms with Gasteiger partial charge in [-0.15, -0.1) is 11.3 Å². The molecule has 31 heavy (non-hydrogen) atoms. The summed E-state index contributed by atoms with van der Waals surface area (Å²) in [4.78, 5) is 17.5. The molecule has 4 aromatic rings. The van der Waals surface area contributed by atoms with Crippen molar-refractivity contribution in [3.8, 4) is 28.4 Å². The summed E-state index contributed by atoms with van der Waals surface area (Å²) in [6.07, 6.45) is 0. The first kappa shape index (κ1) is 19.3. The average molecular weight is 436 g/mol. The van der Waals surface area contributed by atoms with Crippen LogP contribution in [0.5, 0.6) is 11.5 Å². The summed E-state index contributed by atoms with van der Waals surface area (Å²) in [5.41, 5.74) is 3.98. The third-order valence-electron chi connectivity index (χ3n) is 4.98. The van der Waals surface area contributed by atoms with E-state index in [1.807, 2.05) is 23.6 Å². The molecule has 156 valence electrons. The largest absolute Gasteiger partial charge is 0.454 e. The number of anilines is 1. The number of hydrogen-bond donors (Lipinski definition) is 1. The first-order valence-electron chi connectivity index (χ1n) is 9.48. The highest BCUT2D eigenvalue weighted by molar-refractivity contribution is 7.14. The maximum Gasteiger partial charge on any atom is 0.261 e. The fourth-order valence-corrected chi connectivity index (χ4v) is 4.20. The Bertz CT molecular complexity index is 1300. The SMILES string of the molecule is Cc1nn(-c2ccc(F)cc2)c(C)c1C(=O)Nc1nc(-c2ccc3c(c2)OCO3)cs1. The summed E-state index contributed by atoms with van der Waals surface area (Å²) in [5, 5.41) is 9.65. The van der Waals surface area contributed by atoms with Crippen LogP contribution in [0.4, 0.5) is 9.52 Å². The lowest BCUT2D eigenvalue weighted by Crippen LogP contribution is -2.14. The van der Waals surface area contributed by atoms with Gasteiger partial charge in [-0.3, -0.25) is 10.1 Å². The van der Waals surface area contributed by atoms with Gasteiger partial charge in [0.05, 0.1) is 28.3 Å². The zero-order valence-corrected chi connectivity index (χ0v) is 17.5. The zero-order valence-electron chi connectivity index (χ0n) is 16.7. The average Bonchev–Trinajstić information content (AvgIpc) is 3.47. The molecule has 0 saturated carbocycles. The number of carbonyl (C=O) groups excluding carboxylic acids is 1. The Morgan fingerprint density at radius 3 is 2.71 bits per heavy atom. The molecule has 0 aliphatic carbocycles. The Labute approximate surface area is 181 Å². The van der Waals surface area contributed by atoms with E-state index in [2.05, 4.69) is 15.4 Å². The van der Waals surface area contributed by atoms with Gasteiger partial charge in [-0.2, -0.15) is 5.10 Å². The van der Waals surface area contributed by atoms with Crippen LogP contribution in [0.15, 0.2) is 47.8 Å². The van der Waals surface area contributed by atoms with Crippen LogP contribution in [0.1, 0.15) is 21.7 Å². The number of aryl methyl sites for hydroxylation is 1. The van der Waals surface area contributed by atoms with Crippen LogP contribution in [0, 0.1) is 19.7 Å². The standard InChI is InChI=1S/C22H17FN4O3S/c1-12-20(13(2)27(26-12)16-6-4-15(23)5-7-16)21(28)25-22-24-17(10-31-22)14-3-8-18-19(9-14)30-11-29-18/h3-10H,11H2,1-2H3,(H,24,25,28). The van der Waals surface area contributed by atoms with Crippen molar-refractivity contribution in [1.29, 1.82) is 0 Å². The molecule has 0 saturated heterocycles. The molecule has 1 aliphatic rings. The number of hydrogen-bond acceptors (Lipinski definition) is 6. The van der Waals surface area contributed by atoms with E-state index < -0.39 is 0 Å². The van der Waals surface area contributed by atoms with Crippen molar-refractivity contribution in [2.45, 2.75) is 13.8 Å². The van der Waals surface area contributed by atoms with Crippen LogP contribution in [-0.2, 0) is 0 Å². The number of aromatic nitrogens is 3. The highest BCUT2D eigenvalue weighted by Crippen LogP contribution is 2.36. The molecular weight excluding hydrogens is 419 g/mol. The monoisotopic (exact) mass is 436 g/mol. The third kappa shape index (κ3) is 3.53. The van der Waals surface area contributed by atoms with Crippen molar-refractivity contribution in [3.05, 3.63) is 70.6 Å². The molecule has 9 heteroatoms. The van der Waals surface area contributed by atoms with Crippen molar-refractivity contribution < 1.29 is 18.7 Å². The lowest BCUT2D eigenvalue weighted by molar-refractivity contribution is 0.102. The number of nitrogens with zero attached hydrogens (tertiary/aromatic N) is 3. The van der Waals surface area contributed by atoms with E-state index in [9.17, 15) is 9.18 Å². The number of fused-ring (bicyclic) bond motifs is 1. The van der Waals surface area contributed by atoms with E-state index in [1.165, 1.54) is 23.5 Å². The predicted octanol–water partition coefficient (Wildman–Crippen LogP) is 4.73. The van der Waals surface area contributed by atoms with Crippen molar-refractivity contribution in [2.75, 3.05) is 12.1 Å². The van der Waals surface area contributed by atoms with Crippen molar-refractivity contribution in [2.24, 2.45) is 0 Å². The third-order valence-corrected chi connectivity index (χ3v) is 5.74. The highest BCUT2D eigenvalue weighted by atomic mass is 32.1. The molecule has 3 heterocycles. The lowest BCUT2D eigenvalue weighted by Gasteiger charge is -2.05. The number of carbonyl (C=O) groups is 1. The van der Waals surface area contributed by atoms with Crippen LogP contribution < -0.4 is 14.8 Å². The normalized spacial score (nSPS) is 12.2. The van der Waals surface area contributed by atoms with Crippen molar-refractivity contribution >= 4 is 22.4 Å². The number of halogens is 1. The molecule has 1 aliphatic heterocycles. The Morgan fingerprint density at radius 1 is 1.13 bits per heavy atom. The molecule has 2 aromatic heterocycles. The van der Waals surface area contributed by atoms with Gasteiger partial charge >= 0.3 is 0 Å². The number of rotatable bonds is 4. The topological polar surface area (TPSA) is 78.3 Å². The van der Waals surface area contributed by atoms with Crippen LogP contribution in [-0.4, -0.2) is 27.5 Å². The van der Waals surface area contributed by atoms with Gasteiger partial charge in [0.2, 0.25) is 6.79 Å². The molecule has 0 fully saturated rings. The lowest BCUT2D eigenvalue weighted by atomic mass is 10.1. The number of amides is 1. The molecule has 1 N–H and O–H groups in total. The van der Waals surface area contributed by atoms with Gasteiger partial charge < -0.3 is 9.47 Å². The van der Waals surface area contributed by atoms with Gasteiger partial charge in [-0.1, -0.05) is 0 Å². The van der Waals surface area contributed by atoms with Crippen molar-refractivity contribution in [1.82, 2.24) is 14.8 Å². The van der Waals surface area contributed by atoms with Crippen LogP contribution in [0.25, 0.3) is 16.9 Å². The Kier molecular flexibility index (Phi) is 4.67. The molecule has 5 rings (SSSR count). The predicted molar refractivity (Wildman–Crippen MR) is 115 cm³/mol. The minimum absolute atomic E-state index is 0.210. The Hall–Kier alpha value is -3.72. The first-order valence-corrected chi connectivity index (χ1v) is 10.4. The molecule has 0 unspecified atom stereocenters. The molecule has 0 atom stereocenters. The summed E-state index contributed by atoms with van der Waals surface area (Å²) in [5.74, 6) is 0.757. The molecule has 0 spiro atoms. The second-order valence-corrected chi connectivity index (χ2v) is 7.85. The molecule has 2 aromatic carbocycles. The molecule has 7 nitrogen and oxygen atoms in total. The molecular formula is C22H17FN4O3S. The highest BCUT2D eigenvalue weighted by Gasteiger charge is 2.21. The second-order valence-electron chi connectivity index (χ2n) is 6.99. The molecule has 0 radical (unpaired) electrons. The summed E-state index contributed by atoms with van der Waals surface area (Å²) in [6, 6.07) is 11.6. The van der Waals surface area contributed by atoms with Crippen LogP contribution >= 0.6 is 11.3 Å². The number of benzene rings is 2. The van der Waals surface area contributed by atoms with E-state index >= 15 is 0 Å². The fourth-order valence-electron chi connectivity index (χ4n) is 3.48. The summed E-state index contributed by atoms with van der Waals surface area (Å²) < 4.78 is 25.6. The maximum absolute atomic E-state index is 13.2. The Balaban J connectivity index is 1.38. The maximum atomic E-state index is 13.2. The van der Waals surface area contributed by atoms with Gasteiger partial charge in [0.15, 0.2) is 16.6 Å². The smallest absolute Gasteiger partial charge is 0.261 e. The first-order chi connectivity index (χ1) is 15.0. The summed E-state index contributed by atoms with van der Waals surface area (Å²) >= 11 is 1.33. The second kappa shape index (κ2) is 7.51.